The Labute approximate surface area is 133 Å². The number of non-ortho nitro benzene ring substituents is 1. The third-order valence-electron chi connectivity index (χ3n) is 3.16. The van der Waals surface area contributed by atoms with Crippen LogP contribution in [0.5, 0.6) is 0 Å². The van der Waals surface area contributed by atoms with E-state index in [1.165, 1.54) is 24.3 Å². The Balaban J connectivity index is 2.75. The maximum atomic E-state index is 11.9. The summed E-state index contributed by atoms with van der Waals surface area (Å²) in [6.45, 7) is 5.44. The van der Waals surface area contributed by atoms with E-state index in [2.05, 4.69) is 10.5 Å². The molecule has 1 rings (SSSR count). The monoisotopic (exact) mass is 321 g/mol. The molecule has 0 aliphatic rings. The largest absolute Gasteiger partial charge is 0.465 e. The zero-order chi connectivity index (χ0) is 17.4. The average Bonchev–Trinajstić information content (AvgIpc) is 2.53. The van der Waals surface area contributed by atoms with Crippen molar-refractivity contribution >= 4 is 23.3 Å². The van der Waals surface area contributed by atoms with Gasteiger partial charge in [0, 0.05) is 23.4 Å². The van der Waals surface area contributed by atoms with E-state index in [4.69, 9.17) is 4.74 Å². The van der Waals surface area contributed by atoms with Crippen LogP contribution >= 0.6 is 0 Å². The van der Waals surface area contributed by atoms with Gasteiger partial charge in [-0.3, -0.25) is 19.7 Å². The number of hydrogen-bond donors (Lipinski definition) is 1. The molecule has 8 nitrogen and oxygen atoms in total. The van der Waals surface area contributed by atoms with E-state index in [1.807, 2.05) is 6.92 Å². The smallest absolute Gasteiger partial charge is 0.314 e. The molecule has 1 aromatic rings. The predicted octanol–water partition coefficient (Wildman–Crippen LogP) is 2.29. The fourth-order valence-corrected chi connectivity index (χ4v) is 1.89. The maximum Gasteiger partial charge on any atom is 0.314 e. The molecule has 1 amide bonds. The van der Waals surface area contributed by atoms with Crippen LogP contribution in [0.1, 0.15) is 37.6 Å². The minimum atomic E-state index is -0.546. The van der Waals surface area contributed by atoms with Gasteiger partial charge in [-0.25, -0.2) is 5.43 Å². The molecule has 0 radical (unpaired) electrons. The Kier molecular flexibility index (Phi) is 6.85. The number of hydrogen-bond acceptors (Lipinski definition) is 6. The normalized spacial score (nSPS) is 12.4. The van der Waals surface area contributed by atoms with Crippen molar-refractivity contribution < 1.29 is 19.2 Å². The topological polar surface area (TPSA) is 111 Å². The Bertz CT molecular complexity index is 610. The van der Waals surface area contributed by atoms with Crippen molar-refractivity contribution in [2.45, 2.75) is 27.2 Å². The highest BCUT2D eigenvalue weighted by atomic mass is 16.6. The Morgan fingerprint density at radius 3 is 2.39 bits per heavy atom. The maximum absolute atomic E-state index is 11.9. The molecular formula is C15H19N3O5. The molecule has 0 fully saturated rings. The number of nitrogens with zero attached hydrogens (tertiary/aromatic N) is 2. The van der Waals surface area contributed by atoms with Crippen LogP contribution in [0.2, 0.25) is 0 Å². The molecule has 1 aromatic carbocycles. The first-order chi connectivity index (χ1) is 10.9. The number of esters is 1. The summed E-state index contributed by atoms with van der Waals surface area (Å²) >= 11 is 0. The zero-order valence-corrected chi connectivity index (χ0v) is 13.2. The van der Waals surface area contributed by atoms with Gasteiger partial charge in [-0.05, 0) is 32.4 Å². The summed E-state index contributed by atoms with van der Waals surface area (Å²) in [5.74, 6) is -1.43. The third-order valence-corrected chi connectivity index (χ3v) is 3.16. The first kappa shape index (κ1) is 18.3. The van der Waals surface area contributed by atoms with Gasteiger partial charge in [0.2, 0.25) is 0 Å². The number of rotatable bonds is 7. The molecule has 0 saturated heterocycles. The van der Waals surface area contributed by atoms with Crippen LogP contribution in [-0.2, 0) is 9.53 Å². The van der Waals surface area contributed by atoms with Crippen molar-refractivity contribution in [1.29, 1.82) is 0 Å². The molecule has 0 saturated carbocycles. The van der Waals surface area contributed by atoms with E-state index in [1.54, 1.807) is 13.8 Å². The second kappa shape index (κ2) is 8.62. The quantitative estimate of drug-likeness (QED) is 0.358. The van der Waals surface area contributed by atoms with Crippen molar-refractivity contribution in [1.82, 2.24) is 5.43 Å². The van der Waals surface area contributed by atoms with Gasteiger partial charge in [-0.15, -0.1) is 0 Å². The minimum Gasteiger partial charge on any atom is -0.465 e. The van der Waals surface area contributed by atoms with E-state index in [9.17, 15) is 19.7 Å². The summed E-state index contributed by atoms with van der Waals surface area (Å²) in [6.07, 6.45) is 0.502. The van der Waals surface area contributed by atoms with Gasteiger partial charge in [0.15, 0.2) is 0 Å². The molecule has 0 spiro atoms. The van der Waals surface area contributed by atoms with Crippen molar-refractivity contribution in [2.75, 3.05) is 6.61 Å². The molecular weight excluding hydrogens is 302 g/mol. The Morgan fingerprint density at radius 1 is 1.30 bits per heavy atom. The van der Waals surface area contributed by atoms with E-state index in [0.29, 0.717) is 12.1 Å². The van der Waals surface area contributed by atoms with Gasteiger partial charge in [0.05, 0.1) is 17.4 Å². The molecule has 1 N–H and O–H groups in total. The fourth-order valence-electron chi connectivity index (χ4n) is 1.89. The van der Waals surface area contributed by atoms with Crippen LogP contribution in [0.25, 0.3) is 0 Å². The predicted molar refractivity (Wildman–Crippen MR) is 84.1 cm³/mol. The molecule has 0 bridgehead atoms. The van der Waals surface area contributed by atoms with Crippen molar-refractivity contribution in [3.05, 3.63) is 39.9 Å². The average molecular weight is 321 g/mol. The second-order valence-electron chi connectivity index (χ2n) is 4.71. The van der Waals surface area contributed by atoms with Gasteiger partial charge in [-0.2, -0.15) is 5.10 Å². The van der Waals surface area contributed by atoms with Gasteiger partial charge >= 0.3 is 5.97 Å². The van der Waals surface area contributed by atoms with Gasteiger partial charge in [0.1, 0.15) is 0 Å². The molecule has 1 atom stereocenters. The lowest BCUT2D eigenvalue weighted by Crippen LogP contribution is -2.27. The number of benzene rings is 1. The van der Waals surface area contributed by atoms with Crippen molar-refractivity contribution in [2.24, 2.45) is 11.0 Å². The van der Waals surface area contributed by atoms with E-state index in [0.717, 1.165) is 0 Å². The SMILES string of the molecule is CCOC(=O)[C@H](CC)C(C)=NNC(=O)c1ccc([N+](=O)[O-])cc1. The highest BCUT2D eigenvalue weighted by molar-refractivity contribution is 6.02. The number of nitro groups is 1. The number of ether oxygens (including phenoxy) is 1. The molecule has 8 heteroatoms. The molecule has 23 heavy (non-hydrogen) atoms. The lowest BCUT2D eigenvalue weighted by molar-refractivity contribution is -0.384. The highest BCUT2D eigenvalue weighted by Gasteiger charge is 2.21. The lowest BCUT2D eigenvalue weighted by atomic mass is 10.0. The number of carbonyl (C=O) groups excluding carboxylic acids is 2. The first-order valence-corrected chi connectivity index (χ1v) is 7.16. The highest BCUT2D eigenvalue weighted by Crippen LogP contribution is 2.12. The number of carbonyl (C=O) groups is 2. The fraction of sp³-hybridized carbons (Fsp3) is 0.400. The van der Waals surface area contributed by atoms with Crippen LogP contribution in [-0.4, -0.2) is 29.1 Å². The number of nitrogens with one attached hydrogen (secondary N) is 1. The Morgan fingerprint density at radius 2 is 1.91 bits per heavy atom. The van der Waals surface area contributed by atoms with E-state index in [-0.39, 0.29) is 23.8 Å². The first-order valence-electron chi connectivity index (χ1n) is 7.16. The van der Waals surface area contributed by atoms with Crippen LogP contribution in [0.4, 0.5) is 5.69 Å². The number of nitro benzene ring substituents is 1. The molecule has 0 aliphatic heterocycles. The molecule has 0 unspecified atom stereocenters. The van der Waals surface area contributed by atoms with Gasteiger partial charge < -0.3 is 4.74 Å². The summed E-state index contributed by atoms with van der Waals surface area (Å²) in [5.41, 5.74) is 2.89. The summed E-state index contributed by atoms with van der Waals surface area (Å²) in [7, 11) is 0. The van der Waals surface area contributed by atoms with Crippen LogP contribution in [0.15, 0.2) is 29.4 Å². The number of amides is 1. The van der Waals surface area contributed by atoms with Crippen molar-refractivity contribution in [3.63, 3.8) is 0 Å². The summed E-state index contributed by atoms with van der Waals surface area (Å²) in [5, 5.41) is 14.5. The van der Waals surface area contributed by atoms with Gasteiger partial charge in [-0.1, -0.05) is 6.92 Å². The molecule has 0 heterocycles. The lowest BCUT2D eigenvalue weighted by Gasteiger charge is -2.13. The van der Waals surface area contributed by atoms with Crippen molar-refractivity contribution in [3.8, 4) is 0 Å². The minimum absolute atomic E-state index is 0.102. The van der Waals surface area contributed by atoms with Crippen LogP contribution in [0, 0.1) is 16.0 Å². The standard InChI is InChI=1S/C15H19N3O5/c1-4-13(15(20)23-5-2)10(3)16-17-14(19)11-6-8-12(9-7-11)18(21)22/h6-9,13H,4-5H2,1-3H3,(H,17,19)/t13-/m1/s1. The molecule has 0 aromatic heterocycles. The molecule has 0 aliphatic carbocycles. The van der Waals surface area contributed by atoms with Crippen LogP contribution in [0.3, 0.4) is 0 Å². The van der Waals surface area contributed by atoms with E-state index < -0.39 is 16.7 Å². The Hall–Kier alpha value is -2.77. The zero-order valence-electron chi connectivity index (χ0n) is 13.2. The van der Waals surface area contributed by atoms with Gasteiger partial charge in [0.25, 0.3) is 11.6 Å². The molecule has 124 valence electrons. The second-order valence-corrected chi connectivity index (χ2v) is 4.71. The summed E-state index contributed by atoms with van der Waals surface area (Å²) < 4.78 is 4.95. The number of hydrazone groups is 1. The third kappa shape index (κ3) is 5.17. The summed E-state index contributed by atoms with van der Waals surface area (Å²) in [6, 6.07) is 5.14. The van der Waals surface area contributed by atoms with Crippen LogP contribution < -0.4 is 5.43 Å². The summed E-state index contributed by atoms with van der Waals surface area (Å²) in [4.78, 5) is 33.7. The van der Waals surface area contributed by atoms with E-state index >= 15 is 0 Å².